The van der Waals surface area contributed by atoms with Gasteiger partial charge in [0.2, 0.25) is 0 Å². The third-order valence-corrected chi connectivity index (χ3v) is 2.06. The normalized spacial score (nSPS) is 21.3. The molecular formula is C8H11N3O2. The van der Waals surface area contributed by atoms with Crippen LogP contribution < -0.4 is 5.32 Å². The van der Waals surface area contributed by atoms with Gasteiger partial charge in [-0.2, -0.15) is 0 Å². The molecule has 5 heteroatoms. The molecule has 0 bridgehead atoms. The molecule has 1 saturated heterocycles. The maximum absolute atomic E-state index is 10.8. The molecule has 13 heavy (non-hydrogen) atoms. The highest BCUT2D eigenvalue weighted by atomic mass is 16.6. The summed E-state index contributed by atoms with van der Waals surface area (Å²) in [5, 5.41) is 2.59. The van der Waals surface area contributed by atoms with E-state index in [4.69, 9.17) is 4.74 Å². The molecular weight excluding hydrogens is 170 g/mol. The molecule has 1 aliphatic rings. The van der Waals surface area contributed by atoms with Crippen LogP contribution in [0.15, 0.2) is 12.4 Å². The number of nitrogens with one attached hydrogen (secondary N) is 1. The largest absolute Gasteiger partial charge is 0.436 e. The van der Waals surface area contributed by atoms with Crippen LogP contribution in [0.4, 0.5) is 4.79 Å². The van der Waals surface area contributed by atoms with E-state index in [1.54, 1.807) is 6.20 Å². The number of nitrogens with zero attached hydrogens (tertiary/aromatic N) is 2. The van der Waals surface area contributed by atoms with Crippen LogP contribution >= 0.6 is 0 Å². The summed E-state index contributed by atoms with van der Waals surface area (Å²) in [6.45, 7) is 3.37. The van der Waals surface area contributed by atoms with Gasteiger partial charge >= 0.3 is 6.09 Å². The molecule has 5 nitrogen and oxygen atoms in total. The number of cyclic esters (lactones) is 1. The fourth-order valence-electron chi connectivity index (χ4n) is 1.41. The maximum Gasteiger partial charge on any atom is 0.408 e. The van der Waals surface area contributed by atoms with E-state index in [1.807, 2.05) is 17.7 Å². The van der Waals surface area contributed by atoms with Crippen LogP contribution in [0.3, 0.4) is 0 Å². The zero-order valence-corrected chi connectivity index (χ0v) is 7.36. The minimum Gasteiger partial charge on any atom is -0.436 e. The highest BCUT2D eigenvalue weighted by molar-refractivity contribution is 5.69. The van der Waals surface area contributed by atoms with Crippen molar-refractivity contribution in [3.8, 4) is 0 Å². The summed E-state index contributed by atoms with van der Waals surface area (Å²) in [5.74, 6) is 0.806. The van der Waals surface area contributed by atoms with Crippen molar-refractivity contribution in [2.45, 2.75) is 19.6 Å². The molecule has 0 aliphatic carbocycles. The predicted octanol–water partition coefficient (Wildman–Crippen LogP) is 0.684. The quantitative estimate of drug-likeness (QED) is 0.730. The van der Waals surface area contributed by atoms with Gasteiger partial charge in [-0.1, -0.05) is 0 Å². The first kappa shape index (κ1) is 8.10. The molecule has 0 radical (unpaired) electrons. The Morgan fingerprint density at radius 3 is 3.31 bits per heavy atom. The number of aromatic nitrogens is 2. The molecule has 2 heterocycles. The fourth-order valence-corrected chi connectivity index (χ4v) is 1.41. The molecule has 1 N–H and O–H groups in total. The lowest BCUT2D eigenvalue weighted by atomic mass is 10.3. The van der Waals surface area contributed by atoms with E-state index in [1.165, 1.54) is 0 Å². The summed E-state index contributed by atoms with van der Waals surface area (Å²) in [6, 6.07) is 0. The van der Waals surface area contributed by atoms with Crippen molar-refractivity contribution >= 4 is 6.09 Å². The van der Waals surface area contributed by atoms with Gasteiger partial charge in [-0.05, 0) is 6.92 Å². The first-order chi connectivity index (χ1) is 6.31. The third-order valence-electron chi connectivity index (χ3n) is 2.06. The molecule has 0 spiro atoms. The Kier molecular flexibility index (Phi) is 1.92. The topological polar surface area (TPSA) is 56.2 Å². The Morgan fingerprint density at radius 1 is 1.85 bits per heavy atom. The van der Waals surface area contributed by atoms with Crippen LogP contribution in [0.25, 0.3) is 0 Å². The van der Waals surface area contributed by atoms with Gasteiger partial charge in [0.1, 0.15) is 0 Å². The lowest BCUT2D eigenvalue weighted by Crippen LogP contribution is -2.13. The van der Waals surface area contributed by atoms with E-state index >= 15 is 0 Å². The Labute approximate surface area is 75.7 Å². The minimum absolute atomic E-state index is 0.234. The Hall–Kier alpha value is -1.52. The molecule has 1 aliphatic heterocycles. The van der Waals surface area contributed by atoms with Gasteiger partial charge in [0, 0.05) is 18.9 Å². The summed E-state index contributed by atoms with van der Waals surface area (Å²) in [7, 11) is 0. The van der Waals surface area contributed by atoms with Gasteiger partial charge in [0.15, 0.2) is 11.9 Å². The van der Waals surface area contributed by atoms with Crippen molar-refractivity contribution in [1.82, 2.24) is 14.9 Å². The second-order valence-corrected chi connectivity index (χ2v) is 2.85. The van der Waals surface area contributed by atoms with Gasteiger partial charge in [-0.15, -0.1) is 0 Å². The number of amides is 1. The molecule has 0 saturated carbocycles. The van der Waals surface area contributed by atoms with E-state index in [9.17, 15) is 4.79 Å². The van der Waals surface area contributed by atoms with Gasteiger partial charge in [0.05, 0.1) is 6.54 Å². The van der Waals surface area contributed by atoms with Crippen molar-refractivity contribution < 1.29 is 9.53 Å². The number of imidazole rings is 1. The van der Waals surface area contributed by atoms with Crippen LogP contribution in [0.2, 0.25) is 0 Å². The third kappa shape index (κ3) is 1.37. The van der Waals surface area contributed by atoms with Crippen molar-refractivity contribution in [1.29, 1.82) is 0 Å². The van der Waals surface area contributed by atoms with Gasteiger partial charge in [-0.25, -0.2) is 9.78 Å². The van der Waals surface area contributed by atoms with Crippen LogP contribution in [-0.2, 0) is 11.3 Å². The fraction of sp³-hybridized carbons (Fsp3) is 0.500. The first-order valence-corrected chi connectivity index (χ1v) is 4.26. The van der Waals surface area contributed by atoms with Crippen LogP contribution in [0.1, 0.15) is 18.9 Å². The molecule has 1 amide bonds. The second kappa shape index (κ2) is 3.08. The highest BCUT2D eigenvalue weighted by Gasteiger charge is 2.27. The lowest BCUT2D eigenvalue weighted by Gasteiger charge is -2.08. The number of rotatable bonds is 2. The summed E-state index contributed by atoms with van der Waals surface area (Å²) < 4.78 is 6.98. The molecule has 1 aromatic rings. The number of hydrogen-bond donors (Lipinski definition) is 1. The average Bonchev–Trinajstić information content (AvgIpc) is 2.71. The second-order valence-electron chi connectivity index (χ2n) is 2.85. The number of aryl methyl sites for hydroxylation is 1. The average molecular weight is 181 g/mol. The molecule has 0 aromatic carbocycles. The number of ether oxygens (including phenoxy) is 1. The minimum atomic E-state index is -0.365. The predicted molar refractivity (Wildman–Crippen MR) is 45.1 cm³/mol. The smallest absolute Gasteiger partial charge is 0.408 e. The van der Waals surface area contributed by atoms with Crippen LogP contribution in [0.5, 0.6) is 0 Å². The number of carbonyl (C=O) groups excluding carboxylic acids is 1. The number of hydrogen-bond acceptors (Lipinski definition) is 3. The summed E-state index contributed by atoms with van der Waals surface area (Å²) in [6.07, 6.45) is 2.99. The molecule has 2 rings (SSSR count). The van der Waals surface area contributed by atoms with Crippen LogP contribution in [-0.4, -0.2) is 22.2 Å². The van der Waals surface area contributed by atoms with Gasteiger partial charge in [0.25, 0.3) is 0 Å². The SMILES string of the molecule is CCn1ccnc1C1CNC(=O)O1. The van der Waals surface area contributed by atoms with Crippen molar-refractivity contribution in [3.63, 3.8) is 0 Å². The van der Waals surface area contributed by atoms with Crippen molar-refractivity contribution in [2.24, 2.45) is 0 Å². The van der Waals surface area contributed by atoms with Gasteiger partial charge < -0.3 is 14.6 Å². The van der Waals surface area contributed by atoms with E-state index < -0.39 is 0 Å². The van der Waals surface area contributed by atoms with Gasteiger partial charge in [-0.3, -0.25) is 0 Å². The van der Waals surface area contributed by atoms with E-state index in [0.717, 1.165) is 12.4 Å². The Balaban J connectivity index is 2.20. The zero-order valence-electron chi connectivity index (χ0n) is 7.36. The number of alkyl carbamates (subject to hydrolysis) is 1. The summed E-state index contributed by atoms with van der Waals surface area (Å²) in [4.78, 5) is 14.9. The van der Waals surface area contributed by atoms with E-state index in [2.05, 4.69) is 10.3 Å². The summed E-state index contributed by atoms with van der Waals surface area (Å²) >= 11 is 0. The monoisotopic (exact) mass is 181 g/mol. The summed E-state index contributed by atoms with van der Waals surface area (Å²) in [5.41, 5.74) is 0. The van der Waals surface area contributed by atoms with E-state index in [-0.39, 0.29) is 12.2 Å². The lowest BCUT2D eigenvalue weighted by molar-refractivity contribution is 0.135. The Morgan fingerprint density at radius 2 is 2.69 bits per heavy atom. The standard InChI is InChI=1S/C8H11N3O2/c1-2-11-4-3-9-7(11)6-5-10-8(12)13-6/h3-4,6H,2,5H2,1H3,(H,10,12). The molecule has 1 aromatic heterocycles. The number of carbonyl (C=O) groups is 1. The van der Waals surface area contributed by atoms with Crippen LogP contribution in [0, 0.1) is 0 Å². The van der Waals surface area contributed by atoms with E-state index in [0.29, 0.717) is 6.54 Å². The van der Waals surface area contributed by atoms with Crippen molar-refractivity contribution in [2.75, 3.05) is 6.54 Å². The maximum atomic E-state index is 10.8. The zero-order chi connectivity index (χ0) is 9.26. The molecule has 1 unspecified atom stereocenters. The molecule has 1 fully saturated rings. The highest BCUT2D eigenvalue weighted by Crippen LogP contribution is 2.18. The molecule has 1 atom stereocenters. The Bertz CT molecular complexity index is 321. The van der Waals surface area contributed by atoms with Crippen molar-refractivity contribution in [3.05, 3.63) is 18.2 Å². The first-order valence-electron chi connectivity index (χ1n) is 4.26. The molecule has 70 valence electrons.